The van der Waals surface area contributed by atoms with Gasteiger partial charge in [0.15, 0.2) is 0 Å². The SMILES string of the molecule is CCCCCC(C)C(C)=C1CCC1. The van der Waals surface area contributed by atoms with E-state index in [9.17, 15) is 0 Å². The Kier molecular flexibility index (Phi) is 4.55. The summed E-state index contributed by atoms with van der Waals surface area (Å²) in [4.78, 5) is 0. The van der Waals surface area contributed by atoms with Gasteiger partial charge in [-0.05, 0) is 38.5 Å². The zero-order chi connectivity index (χ0) is 9.68. The fourth-order valence-electron chi connectivity index (χ4n) is 2.01. The van der Waals surface area contributed by atoms with E-state index in [-0.39, 0.29) is 0 Å². The lowest BCUT2D eigenvalue weighted by atomic mass is 9.82. The van der Waals surface area contributed by atoms with E-state index in [0.29, 0.717) is 0 Å². The molecule has 76 valence electrons. The Labute approximate surface area is 83.4 Å². The van der Waals surface area contributed by atoms with Crippen LogP contribution in [0.15, 0.2) is 11.1 Å². The van der Waals surface area contributed by atoms with Crippen molar-refractivity contribution in [2.24, 2.45) is 5.92 Å². The molecule has 0 nitrogen and oxygen atoms in total. The van der Waals surface area contributed by atoms with Gasteiger partial charge in [0.05, 0.1) is 0 Å². The third-order valence-electron chi connectivity index (χ3n) is 3.49. The van der Waals surface area contributed by atoms with Crippen LogP contribution >= 0.6 is 0 Å². The average molecular weight is 180 g/mol. The zero-order valence-corrected chi connectivity index (χ0v) is 9.53. The molecule has 0 spiro atoms. The average Bonchev–Trinajstić information content (AvgIpc) is 2.01. The van der Waals surface area contributed by atoms with Gasteiger partial charge in [-0.25, -0.2) is 0 Å². The zero-order valence-electron chi connectivity index (χ0n) is 9.53. The van der Waals surface area contributed by atoms with Crippen LogP contribution in [0.1, 0.15) is 65.7 Å². The molecule has 0 bridgehead atoms. The minimum atomic E-state index is 0.849. The second-order valence-electron chi connectivity index (χ2n) is 4.54. The van der Waals surface area contributed by atoms with E-state index in [4.69, 9.17) is 0 Å². The molecule has 0 aromatic heterocycles. The molecular weight excluding hydrogens is 156 g/mol. The van der Waals surface area contributed by atoms with E-state index in [1.807, 2.05) is 0 Å². The maximum absolute atomic E-state index is 2.40. The maximum Gasteiger partial charge on any atom is -0.0232 e. The van der Waals surface area contributed by atoms with E-state index >= 15 is 0 Å². The van der Waals surface area contributed by atoms with Gasteiger partial charge in [-0.2, -0.15) is 0 Å². The molecule has 13 heavy (non-hydrogen) atoms. The van der Waals surface area contributed by atoms with Crippen molar-refractivity contribution >= 4 is 0 Å². The molecule has 0 amide bonds. The molecule has 0 heteroatoms. The first-order valence-corrected chi connectivity index (χ1v) is 5.94. The van der Waals surface area contributed by atoms with Crippen LogP contribution in [0.3, 0.4) is 0 Å². The fraction of sp³-hybridized carbons (Fsp3) is 0.846. The Balaban J connectivity index is 2.25. The van der Waals surface area contributed by atoms with Gasteiger partial charge < -0.3 is 0 Å². The summed E-state index contributed by atoms with van der Waals surface area (Å²) >= 11 is 0. The van der Waals surface area contributed by atoms with Gasteiger partial charge in [0.25, 0.3) is 0 Å². The highest BCUT2D eigenvalue weighted by Gasteiger charge is 2.15. The highest BCUT2D eigenvalue weighted by atomic mass is 14.2. The van der Waals surface area contributed by atoms with E-state index in [0.717, 1.165) is 5.92 Å². The first kappa shape index (κ1) is 10.8. The van der Waals surface area contributed by atoms with Gasteiger partial charge in [-0.3, -0.25) is 0 Å². The number of rotatable bonds is 5. The molecule has 0 aliphatic heterocycles. The van der Waals surface area contributed by atoms with Crippen molar-refractivity contribution in [1.82, 2.24) is 0 Å². The molecule has 1 aliphatic carbocycles. The highest BCUT2D eigenvalue weighted by molar-refractivity contribution is 5.19. The summed E-state index contributed by atoms with van der Waals surface area (Å²) < 4.78 is 0. The smallest absolute Gasteiger partial charge is 0.0232 e. The van der Waals surface area contributed by atoms with Crippen LogP contribution in [0, 0.1) is 5.92 Å². The molecular formula is C13H24. The van der Waals surface area contributed by atoms with Crippen LogP contribution < -0.4 is 0 Å². The van der Waals surface area contributed by atoms with Crippen LogP contribution in [0.2, 0.25) is 0 Å². The Bertz CT molecular complexity index is 170. The van der Waals surface area contributed by atoms with E-state index in [1.165, 1.54) is 44.9 Å². The molecule has 0 aromatic rings. The molecule has 0 N–H and O–H groups in total. The number of unbranched alkanes of at least 4 members (excludes halogenated alkanes) is 2. The highest BCUT2D eigenvalue weighted by Crippen LogP contribution is 2.33. The normalized spacial score (nSPS) is 18.2. The number of allylic oxidation sites excluding steroid dienone is 2. The summed E-state index contributed by atoms with van der Waals surface area (Å²) in [7, 11) is 0. The molecule has 1 atom stereocenters. The lowest BCUT2D eigenvalue weighted by Gasteiger charge is -2.24. The molecule has 1 fully saturated rings. The van der Waals surface area contributed by atoms with Crippen molar-refractivity contribution in [3.63, 3.8) is 0 Å². The van der Waals surface area contributed by atoms with Crippen molar-refractivity contribution < 1.29 is 0 Å². The van der Waals surface area contributed by atoms with E-state index in [2.05, 4.69) is 20.8 Å². The summed E-state index contributed by atoms with van der Waals surface area (Å²) in [5, 5.41) is 0. The van der Waals surface area contributed by atoms with Crippen LogP contribution in [0.4, 0.5) is 0 Å². The van der Waals surface area contributed by atoms with Gasteiger partial charge in [0.1, 0.15) is 0 Å². The van der Waals surface area contributed by atoms with Crippen LogP contribution in [-0.2, 0) is 0 Å². The lowest BCUT2D eigenvalue weighted by molar-refractivity contribution is 0.530. The van der Waals surface area contributed by atoms with Crippen LogP contribution in [0.25, 0.3) is 0 Å². The summed E-state index contributed by atoms with van der Waals surface area (Å²) in [6, 6.07) is 0. The Hall–Kier alpha value is -0.260. The van der Waals surface area contributed by atoms with Crippen molar-refractivity contribution in [2.75, 3.05) is 0 Å². The number of hydrogen-bond donors (Lipinski definition) is 0. The maximum atomic E-state index is 2.40. The monoisotopic (exact) mass is 180 g/mol. The molecule has 1 saturated carbocycles. The second-order valence-corrected chi connectivity index (χ2v) is 4.54. The Morgan fingerprint density at radius 1 is 1.31 bits per heavy atom. The molecule has 1 rings (SSSR count). The van der Waals surface area contributed by atoms with Gasteiger partial charge >= 0.3 is 0 Å². The second kappa shape index (κ2) is 5.47. The Morgan fingerprint density at radius 3 is 2.46 bits per heavy atom. The number of hydrogen-bond acceptors (Lipinski definition) is 0. The summed E-state index contributed by atoms with van der Waals surface area (Å²) in [5.74, 6) is 0.849. The molecule has 0 heterocycles. The topological polar surface area (TPSA) is 0 Å². The quantitative estimate of drug-likeness (QED) is 0.425. The molecule has 1 unspecified atom stereocenters. The molecule has 0 saturated heterocycles. The van der Waals surface area contributed by atoms with Crippen molar-refractivity contribution in [3.8, 4) is 0 Å². The predicted octanol–water partition coefficient (Wildman–Crippen LogP) is 4.70. The fourth-order valence-corrected chi connectivity index (χ4v) is 2.01. The van der Waals surface area contributed by atoms with Crippen molar-refractivity contribution in [2.45, 2.75) is 65.7 Å². The standard InChI is InChI=1S/C13H24/c1-4-5-6-8-11(2)12(3)13-9-7-10-13/h11H,4-10H2,1-3H3. The lowest BCUT2D eigenvalue weighted by Crippen LogP contribution is -2.06. The minimum absolute atomic E-state index is 0.849. The molecule has 0 radical (unpaired) electrons. The van der Waals surface area contributed by atoms with Gasteiger partial charge in [0, 0.05) is 0 Å². The van der Waals surface area contributed by atoms with E-state index in [1.54, 1.807) is 11.1 Å². The van der Waals surface area contributed by atoms with Gasteiger partial charge in [-0.15, -0.1) is 0 Å². The van der Waals surface area contributed by atoms with Crippen molar-refractivity contribution in [1.29, 1.82) is 0 Å². The third-order valence-corrected chi connectivity index (χ3v) is 3.49. The summed E-state index contributed by atoms with van der Waals surface area (Å²) in [6.45, 7) is 7.03. The first-order valence-electron chi connectivity index (χ1n) is 5.94. The molecule has 0 aromatic carbocycles. The van der Waals surface area contributed by atoms with E-state index < -0.39 is 0 Å². The van der Waals surface area contributed by atoms with Crippen molar-refractivity contribution in [3.05, 3.63) is 11.1 Å². The molecule has 1 aliphatic rings. The minimum Gasteiger partial charge on any atom is -0.0713 e. The van der Waals surface area contributed by atoms with Gasteiger partial charge in [-0.1, -0.05) is 44.3 Å². The largest absolute Gasteiger partial charge is 0.0713 e. The Morgan fingerprint density at radius 2 is 2.00 bits per heavy atom. The summed E-state index contributed by atoms with van der Waals surface area (Å²) in [5.41, 5.74) is 3.48. The third kappa shape index (κ3) is 3.17. The first-order chi connectivity index (χ1) is 6.25. The predicted molar refractivity (Wildman–Crippen MR) is 59.9 cm³/mol. The summed E-state index contributed by atoms with van der Waals surface area (Å²) in [6.07, 6.45) is 9.81. The van der Waals surface area contributed by atoms with Crippen LogP contribution in [-0.4, -0.2) is 0 Å². The van der Waals surface area contributed by atoms with Gasteiger partial charge in [0.2, 0.25) is 0 Å². The van der Waals surface area contributed by atoms with Crippen LogP contribution in [0.5, 0.6) is 0 Å².